The first-order valence-corrected chi connectivity index (χ1v) is 8.37. The molecule has 0 spiro atoms. The van der Waals surface area contributed by atoms with Crippen LogP contribution in [0.5, 0.6) is 0 Å². The van der Waals surface area contributed by atoms with Crippen LogP contribution in [0.2, 0.25) is 0 Å². The molecule has 0 amide bonds. The molecule has 20 heavy (non-hydrogen) atoms. The highest BCUT2D eigenvalue weighted by Gasteiger charge is 2.38. The average molecular weight is 306 g/mol. The number of morpholine rings is 1. The van der Waals surface area contributed by atoms with E-state index in [9.17, 15) is 13.2 Å². The van der Waals surface area contributed by atoms with Gasteiger partial charge in [-0.05, 0) is 12.8 Å². The van der Waals surface area contributed by atoms with Crippen molar-refractivity contribution in [3.63, 3.8) is 0 Å². The zero-order valence-electron chi connectivity index (χ0n) is 11.8. The van der Waals surface area contributed by atoms with Crippen LogP contribution in [0.3, 0.4) is 0 Å². The van der Waals surface area contributed by atoms with E-state index in [2.05, 4.69) is 4.74 Å². The fraction of sp³-hybridized carbons (Fsp3) is 0.917. The molecule has 0 atom stereocenters. The SMILES string of the molecule is COC(=O)CN(C1CCCC1)S(=O)(=O)N1CCOCC1. The molecule has 2 aliphatic rings. The summed E-state index contributed by atoms with van der Waals surface area (Å²) in [5.41, 5.74) is 0. The first-order chi connectivity index (χ1) is 9.55. The molecule has 1 aliphatic carbocycles. The molecular formula is C12H22N2O5S. The molecule has 0 N–H and O–H groups in total. The highest BCUT2D eigenvalue weighted by molar-refractivity contribution is 7.86. The Labute approximate surface area is 120 Å². The molecule has 1 heterocycles. The second kappa shape index (κ2) is 6.84. The van der Waals surface area contributed by atoms with Crippen LogP contribution in [-0.4, -0.2) is 69.0 Å². The molecular weight excluding hydrogens is 284 g/mol. The van der Waals surface area contributed by atoms with Crippen LogP contribution in [0.4, 0.5) is 0 Å². The normalized spacial score (nSPS) is 22.3. The van der Waals surface area contributed by atoms with Gasteiger partial charge in [-0.25, -0.2) is 0 Å². The Balaban J connectivity index is 2.16. The van der Waals surface area contributed by atoms with Crippen LogP contribution in [0.25, 0.3) is 0 Å². The summed E-state index contributed by atoms with van der Waals surface area (Å²) >= 11 is 0. The Morgan fingerprint density at radius 1 is 1.30 bits per heavy atom. The molecule has 1 saturated carbocycles. The topological polar surface area (TPSA) is 76.2 Å². The van der Waals surface area contributed by atoms with Crippen LogP contribution in [0.1, 0.15) is 25.7 Å². The number of carbonyl (C=O) groups is 1. The monoisotopic (exact) mass is 306 g/mol. The highest BCUT2D eigenvalue weighted by Crippen LogP contribution is 2.27. The maximum absolute atomic E-state index is 12.7. The average Bonchev–Trinajstić information content (AvgIpc) is 2.99. The number of carbonyl (C=O) groups excluding carboxylic acids is 1. The van der Waals surface area contributed by atoms with Gasteiger partial charge >= 0.3 is 5.97 Å². The molecule has 0 aromatic heterocycles. The highest BCUT2D eigenvalue weighted by atomic mass is 32.2. The van der Waals surface area contributed by atoms with E-state index in [0.717, 1.165) is 25.7 Å². The predicted octanol–water partition coefficient (Wildman–Crippen LogP) is -0.0190. The third-order valence-electron chi connectivity index (χ3n) is 3.84. The number of nitrogens with zero attached hydrogens (tertiary/aromatic N) is 2. The maximum atomic E-state index is 12.7. The zero-order valence-corrected chi connectivity index (χ0v) is 12.6. The minimum atomic E-state index is -3.63. The van der Waals surface area contributed by atoms with Crippen molar-refractivity contribution in [2.24, 2.45) is 0 Å². The van der Waals surface area contributed by atoms with E-state index in [1.54, 1.807) is 0 Å². The lowest BCUT2D eigenvalue weighted by Gasteiger charge is -2.34. The first kappa shape index (κ1) is 15.7. The third kappa shape index (κ3) is 3.49. The molecule has 1 aliphatic heterocycles. The Bertz CT molecular complexity index is 427. The molecule has 0 radical (unpaired) electrons. The van der Waals surface area contributed by atoms with Crippen molar-refractivity contribution in [1.29, 1.82) is 0 Å². The summed E-state index contributed by atoms with van der Waals surface area (Å²) in [6.07, 6.45) is 3.61. The van der Waals surface area contributed by atoms with Gasteiger partial charge in [0.15, 0.2) is 0 Å². The number of rotatable bonds is 5. The maximum Gasteiger partial charge on any atom is 0.321 e. The van der Waals surface area contributed by atoms with E-state index >= 15 is 0 Å². The van der Waals surface area contributed by atoms with Gasteiger partial charge in [0.1, 0.15) is 6.54 Å². The zero-order chi connectivity index (χ0) is 14.6. The van der Waals surface area contributed by atoms with Crippen molar-refractivity contribution in [3.05, 3.63) is 0 Å². The molecule has 8 heteroatoms. The summed E-state index contributed by atoms with van der Waals surface area (Å²) in [6.45, 7) is 1.27. The summed E-state index contributed by atoms with van der Waals surface area (Å²) in [5, 5.41) is 0. The van der Waals surface area contributed by atoms with Gasteiger partial charge in [-0.2, -0.15) is 17.0 Å². The van der Waals surface area contributed by atoms with Crippen molar-refractivity contribution in [2.45, 2.75) is 31.7 Å². The summed E-state index contributed by atoms with van der Waals surface area (Å²) in [7, 11) is -2.35. The number of hydrogen-bond donors (Lipinski definition) is 0. The third-order valence-corrected chi connectivity index (χ3v) is 5.87. The van der Waals surface area contributed by atoms with Crippen molar-refractivity contribution >= 4 is 16.2 Å². The Morgan fingerprint density at radius 2 is 1.90 bits per heavy atom. The standard InChI is InChI=1S/C12H22N2O5S/c1-18-12(15)10-14(11-4-2-3-5-11)20(16,17)13-6-8-19-9-7-13/h11H,2-10H2,1H3. The van der Waals surface area contributed by atoms with Gasteiger partial charge in [0.05, 0.1) is 20.3 Å². The fourth-order valence-electron chi connectivity index (χ4n) is 2.71. The van der Waals surface area contributed by atoms with Crippen LogP contribution < -0.4 is 0 Å². The van der Waals surface area contributed by atoms with Crippen molar-refractivity contribution < 1.29 is 22.7 Å². The molecule has 0 bridgehead atoms. The fourth-order valence-corrected chi connectivity index (χ4v) is 4.47. The summed E-state index contributed by atoms with van der Waals surface area (Å²) in [6, 6.07) is -0.0954. The molecule has 0 unspecified atom stereocenters. The molecule has 2 rings (SSSR count). The van der Waals surface area contributed by atoms with E-state index < -0.39 is 16.2 Å². The summed E-state index contributed by atoms with van der Waals surface area (Å²) in [5.74, 6) is -0.520. The lowest BCUT2D eigenvalue weighted by molar-refractivity contribution is -0.141. The second-order valence-corrected chi connectivity index (χ2v) is 6.96. The van der Waals surface area contributed by atoms with E-state index in [0.29, 0.717) is 26.3 Å². The molecule has 2 fully saturated rings. The van der Waals surface area contributed by atoms with Crippen LogP contribution in [-0.2, 0) is 24.5 Å². The minimum absolute atomic E-state index is 0.0954. The number of hydrogen-bond acceptors (Lipinski definition) is 5. The van der Waals surface area contributed by atoms with Crippen LogP contribution in [0.15, 0.2) is 0 Å². The van der Waals surface area contributed by atoms with Gasteiger partial charge in [-0.3, -0.25) is 4.79 Å². The Morgan fingerprint density at radius 3 is 2.45 bits per heavy atom. The van der Waals surface area contributed by atoms with E-state index in [1.807, 2.05) is 0 Å². The quantitative estimate of drug-likeness (QED) is 0.667. The van der Waals surface area contributed by atoms with Crippen LogP contribution in [0, 0.1) is 0 Å². The van der Waals surface area contributed by atoms with E-state index in [-0.39, 0.29) is 12.6 Å². The number of esters is 1. The molecule has 1 saturated heterocycles. The van der Waals surface area contributed by atoms with Crippen molar-refractivity contribution in [3.8, 4) is 0 Å². The Kier molecular flexibility index (Phi) is 5.36. The van der Waals surface area contributed by atoms with Crippen LogP contribution >= 0.6 is 0 Å². The number of ether oxygens (including phenoxy) is 2. The Hall–Kier alpha value is -0.700. The van der Waals surface area contributed by atoms with Gasteiger partial charge in [-0.15, -0.1) is 0 Å². The number of methoxy groups -OCH3 is 1. The summed E-state index contributed by atoms with van der Waals surface area (Å²) < 4.78 is 38.0. The predicted molar refractivity (Wildman–Crippen MR) is 72.3 cm³/mol. The van der Waals surface area contributed by atoms with Gasteiger partial charge in [-0.1, -0.05) is 12.8 Å². The van der Waals surface area contributed by atoms with Crippen molar-refractivity contribution in [2.75, 3.05) is 40.0 Å². The molecule has 0 aromatic carbocycles. The van der Waals surface area contributed by atoms with Crippen molar-refractivity contribution in [1.82, 2.24) is 8.61 Å². The van der Waals surface area contributed by atoms with Gasteiger partial charge in [0, 0.05) is 19.1 Å². The van der Waals surface area contributed by atoms with Gasteiger partial charge in [0.25, 0.3) is 10.2 Å². The smallest absolute Gasteiger partial charge is 0.321 e. The van der Waals surface area contributed by atoms with E-state index in [1.165, 1.54) is 15.7 Å². The molecule has 116 valence electrons. The molecule has 7 nitrogen and oxygen atoms in total. The van der Waals surface area contributed by atoms with Gasteiger partial charge in [0.2, 0.25) is 0 Å². The first-order valence-electron chi connectivity index (χ1n) is 6.97. The summed E-state index contributed by atoms with van der Waals surface area (Å²) in [4.78, 5) is 11.5. The second-order valence-electron chi connectivity index (χ2n) is 5.08. The minimum Gasteiger partial charge on any atom is -0.468 e. The molecule has 0 aromatic rings. The van der Waals surface area contributed by atoms with E-state index in [4.69, 9.17) is 4.74 Å². The van der Waals surface area contributed by atoms with Gasteiger partial charge < -0.3 is 9.47 Å². The lowest BCUT2D eigenvalue weighted by atomic mass is 10.2. The largest absolute Gasteiger partial charge is 0.468 e. The lowest BCUT2D eigenvalue weighted by Crippen LogP contribution is -2.52.